The van der Waals surface area contributed by atoms with Gasteiger partial charge in [-0.05, 0) is 36.4 Å². The number of hydrogen-bond acceptors (Lipinski definition) is 6. The molecule has 0 bridgehead atoms. The van der Waals surface area contributed by atoms with E-state index in [1.807, 2.05) is 46.7 Å². The summed E-state index contributed by atoms with van der Waals surface area (Å²) in [5.74, 6) is 1.56. The zero-order valence-electron chi connectivity index (χ0n) is 15.6. The molecule has 146 valence electrons. The highest BCUT2D eigenvalue weighted by Crippen LogP contribution is 2.23. The summed E-state index contributed by atoms with van der Waals surface area (Å²) >= 11 is 1.64. The van der Waals surface area contributed by atoms with Gasteiger partial charge in [-0.2, -0.15) is 0 Å². The predicted molar refractivity (Wildman–Crippen MR) is 109 cm³/mol. The SMILES string of the molecule is COc1ccc(NC(=O)N2CCN(Cc3nc(-c4ccco4)cs3)CC2)cc1. The molecular formula is C20H22N4O3S. The zero-order chi connectivity index (χ0) is 19.3. The molecule has 0 unspecified atom stereocenters. The summed E-state index contributed by atoms with van der Waals surface area (Å²) in [7, 11) is 1.62. The average molecular weight is 398 g/mol. The largest absolute Gasteiger partial charge is 0.497 e. The van der Waals surface area contributed by atoms with Crippen molar-refractivity contribution in [3.8, 4) is 17.2 Å². The number of ether oxygens (including phenoxy) is 1. The number of anilines is 1. The van der Waals surface area contributed by atoms with Crippen LogP contribution in [0.15, 0.2) is 52.5 Å². The van der Waals surface area contributed by atoms with Gasteiger partial charge in [-0.25, -0.2) is 9.78 Å². The van der Waals surface area contributed by atoms with Crippen LogP contribution in [-0.2, 0) is 6.54 Å². The highest BCUT2D eigenvalue weighted by Gasteiger charge is 2.22. The number of carbonyl (C=O) groups excluding carboxylic acids is 1. The van der Waals surface area contributed by atoms with Crippen molar-refractivity contribution in [2.24, 2.45) is 0 Å². The van der Waals surface area contributed by atoms with Crippen molar-refractivity contribution >= 4 is 23.1 Å². The van der Waals surface area contributed by atoms with Crippen LogP contribution >= 0.6 is 11.3 Å². The van der Waals surface area contributed by atoms with Crippen LogP contribution in [0.4, 0.5) is 10.5 Å². The molecular weight excluding hydrogens is 376 g/mol. The van der Waals surface area contributed by atoms with Crippen LogP contribution in [0.25, 0.3) is 11.5 Å². The van der Waals surface area contributed by atoms with Crippen molar-refractivity contribution in [3.05, 3.63) is 53.0 Å². The first-order chi connectivity index (χ1) is 13.7. The summed E-state index contributed by atoms with van der Waals surface area (Å²) < 4.78 is 10.5. The van der Waals surface area contributed by atoms with E-state index < -0.39 is 0 Å². The summed E-state index contributed by atoms with van der Waals surface area (Å²) in [6.07, 6.45) is 1.66. The van der Waals surface area contributed by atoms with E-state index in [0.29, 0.717) is 13.1 Å². The standard InChI is InChI=1S/C20H22N4O3S/c1-26-16-6-4-15(5-7-16)21-20(25)24-10-8-23(9-11-24)13-19-22-17(14-28-19)18-3-2-12-27-18/h2-7,12,14H,8-11,13H2,1H3,(H,21,25). The molecule has 0 radical (unpaired) electrons. The number of aromatic nitrogens is 1. The Labute approximate surface area is 167 Å². The molecule has 3 heterocycles. The van der Waals surface area contributed by atoms with Gasteiger partial charge in [0.2, 0.25) is 0 Å². The number of piperazine rings is 1. The van der Waals surface area contributed by atoms with E-state index in [1.165, 1.54) is 0 Å². The molecule has 1 aromatic carbocycles. The van der Waals surface area contributed by atoms with Gasteiger partial charge < -0.3 is 19.4 Å². The van der Waals surface area contributed by atoms with Gasteiger partial charge in [0.1, 0.15) is 16.5 Å². The third-order valence-corrected chi connectivity index (χ3v) is 5.52. The number of nitrogens with zero attached hydrogens (tertiary/aromatic N) is 3. The van der Waals surface area contributed by atoms with E-state index in [-0.39, 0.29) is 6.03 Å². The Morgan fingerprint density at radius 3 is 2.68 bits per heavy atom. The van der Waals surface area contributed by atoms with E-state index in [4.69, 9.17) is 9.15 Å². The molecule has 28 heavy (non-hydrogen) atoms. The van der Waals surface area contributed by atoms with E-state index in [2.05, 4.69) is 15.2 Å². The van der Waals surface area contributed by atoms with Crippen LogP contribution < -0.4 is 10.1 Å². The number of rotatable bonds is 5. The van der Waals surface area contributed by atoms with Crippen molar-refractivity contribution in [3.63, 3.8) is 0 Å². The molecule has 1 aliphatic rings. The summed E-state index contributed by atoms with van der Waals surface area (Å²) in [4.78, 5) is 21.3. The maximum atomic E-state index is 12.5. The lowest BCUT2D eigenvalue weighted by atomic mass is 10.3. The van der Waals surface area contributed by atoms with Gasteiger partial charge in [0.05, 0.1) is 19.9 Å². The van der Waals surface area contributed by atoms with Gasteiger partial charge >= 0.3 is 6.03 Å². The Bertz CT molecular complexity index is 900. The molecule has 0 atom stereocenters. The monoisotopic (exact) mass is 398 g/mol. The molecule has 2 amide bonds. The fourth-order valence-electron chi connectivity index (χ4n) is 3.10. The highest BCUT2D eigenvalue weighted by molar-refractivity contribution is 7.09. The smallest absolute Gasteiger partial charge is 0.321 e. The lowest BCUT2D eigenvalue weighted by molar-refractivity contribution is 0.143. The molecule has 3 aromatic rings. The quantitative estimate of drug-likeness (QED) is 0.709. The predicted octanol–water partition coefficient (Wildman–Crippen LogP) is 3.76. The fraction of sp³-hybridized carbons (Fsp3) is 0.300. The van der Waals surface area contributed by atoms with Crippen LogP contribution in [-0.4, -0.2) is 54.1 Å². The summed E-state index contributed by atoms with van der Waals surface area (Å²) in [5, 5.41) is 6.02. The lowest BCUT2D eigenvalue weighted by Gasteiger charge is -2.34. The third kappa shape index (κ3) is 4.35. The van der Waals surface area contributed by atoms with Crippen LogP contribution in [0.3, 0.4) is 0 Å². The van der Waals surface area contributed by atoms with Gasteiger partial charge in [0.25, 0.3) is 0 Å². The Morgan fingerprint density at radius 1 is 1.21 bits per heavy atom. The van der Waals surface area contributed by atoms with Gasteiger partial charge in [-0.1, -0.05) is 0 Å². The minimum Gasteiger partial charge on any atom is -0.497 e. The number of amides is 2. The Kier molecular flexibility index (Phi) is 5.59. The maximum absolute atomic E-state index is 12.5. The average Bonchev–Trinajstić information content (AvgIpc) is 3.41. The zero-order valence-corrected chi connectivity index (χ0v) is 16.4. The third-order valence-electron chi connectivity index (χ3n) is 4.69. The van der Waals surface area contributed by atoms with Gasteiger partial charge in [0, 0.05) is 37.2 Å². The number of hydrogen-bond donors (Lipinski definition) is 1. The Morgan fingerprint density at radius 2 is 2.00 bits per heavy atom. The van der Waals surface area contributed by atoms with Crippen LogP contribution in [0.1, 0.15) is 5.01 Å². The number of nitrogens with one attached hydrogen (secondary N) is 1. The fourth-order valence-corrected chi connectivity index (χ4v) is 3.92. The lowest BCUT2D eigenvalue weighted by Crippen LogP contribution is -2.49. The molecule has 1 N–H and O–H groups in total. The van der Waals surface area contributed by atoms with Crippen LogP contribution in [0.2, 0.25) is 0 Å². The number of thiazole rings is 1. The van der Waals surface area contributed by atoms with Crippen molar-refractivity contribution in [1.82, 2.24) is 14.8 Å². The second-order valence-electron chi connectivity index (χ2n) is 6.53. The van der Waals surface area contributed by atoms with Gasteiger partial charge in [-0.3, -0.25) is 4.90 Å². The van der Waals surface area contributed by atoms with Gasteiger partial charge in [-0.15, -0.1) is 11.3 Å². The molecule has 7 nitrogen and oxygen atoms in total. The van der Waals surface area contributed by atoms with E-state index >= 15 is 0 Å². The van der Waals surface area contributed by atoms with Crippen molar-refractivity contribution < 1.29 is 13.9 Å². The Balaban J connectivity index is 1.26. The first-order valence-corrected chi connectivity index (χ1v) is 10.00. The normalized spacial score (nSPS) is 14.8. The van der Waals surface area contributed by atoms with Crippen LogP contribution in [0.5, 0.6) is 5.75 Å². The number of benzene rings is 1. The van der Waals surface area contributed by atoms with Crippen LogP contribution in [0, 0.1) is 0 Å². The molecule has 1 saturated heterocycles. The van der Waals surface area contributed by atoms with Crippen molar-refractivity contribution in [2.75, 3.05) is 38.6 Å². The number of carbonyl (C=O) groups is 1. The first kappa shape index (κ1) is 18.5. The van der Waals surface area contributed by atoms with Gasteiger partial charge in [0.15, 0.2) is 5.76 Å². The number of furan rings is 1. The molecule has 2 aromatic heterocycles. The molecule has 1 aliphatic heterocycles. The molecule has 0 saturated carbocycles. The second-order valence-corrected chi connectivity index (χ2v) is 7.47. The molecule has 4 rings (SSSR count). The second kappa shape index (κ2) is 8.45. The molecule has 1 fully saturated rings. The molecule has 0 spiro atoms. The van der Waals surface area contributed by atoms with E-state index in [1.54, 1.807) is 24.7 Å². The minimum absolute atomic E-state index is 0.0702. The van der Waals surface area contributed by atoms with Crippen molar-refractivity contribution in [2.45, 2.75) is 6.54 Å². The molecule has 0 aliphatic carbocycles. The summed E-state index contributed by atoms with van der Waals surface area (Å²) in [6.45, 7) is 3.83. The molecule has 8 heteroatoms. The maximum Gasteiger partial charge on any atom is 0.321 e. The Hall–Kier alpha value is -2.84. The summed E-state index contributed by atoms with van der Waals surface area (Å²) in [5.41, 5.74) is 1.64. The number of methoxy groups -OCH3 is 1. The van der Waals surface area contributed by atoms with E-state index in [9.17, 15) is 4.79 Å². The highest BCUT2D eigenvalue weighted by atomic mass is 32.1. The minimum atomic E-state index is -0.0702. The number of urea groups is 1. The van der Waals surface area contributed by atoms with Crippen molar-refractivity contribution in [1.29, 1.82) is 0 Å². The topological polar surface area (TPSA) is 70.8 Å². The first-order valence-electron chi connectivity index (χ1n) is 9.12. The summed E-state index contributed by atoms with van der Waals surface area (Å²) in [6, 6.07) is 11.1. The van der Waals surface area contributed by atoms with E-state index in [0.717, 1.165) is 47.5 Å².